The maximum atomic E-state index is 4.60. The van der Waals surface area contributed by atoms with E-state index in [-0.39, 0.29) is 0 Å². The number of aromatic nitrogens is 1. The SMILES string of the molecule is CCc1cncc(C2=CCC3C4CCN5CCCCCC5(C)C(CCC23C)C4)c1. The van der Waals surface area contributed by atoms with E-state index >= 15 is 0 Å². The molecule has 0 spiro atoms. The van der Waals surface area contributed by atoms with Crippen molar-refractivity contribution in [2.45, 2.75) is 90.5 Å². The minimum absolute atomic E-state index is 0.344. The maximum absolute atomic E-state index is 4.60. The van der Waals surface area contributed by atoms with E-state index in [1.54, 1.807) is 5.57 Å². The molecule has 1 aromatic rings. The van der Waals surface area contributed by atoms with Gasteiger partial charge in [-0.3, -0.25) is 9.88 Å². The lowest BCUT2D eigenvalue weighted by atomic mass is 9.66. The van der Waals surface area contributed by atoms with Gasteiger partial charge < -0.3 is 0 Å². The summed E-state index contributed by atoms with van der Waals surface area (Å²) in [6.45, 7) is 10.2. The third kappa shape index (κ3) is 3.21. The molecular formula is C27H40N2. The summed E-state index contributed by atoms with van der Waals surface area (Å²) < 4.78 is 0. The fraction of sp³-hybridized carbons (Fsp3) is 0.741. The van der Waals surface area contributed by atoms with Crippen LogP contribution in [0.4, 0.5) is 0 Å². The third-order valence-electron chi connectivity index (χ3n) is 9.67. The number of hydrogen-bond acceptors (Lipinski definition) is 2. The minimum atomic E-state index is 0.344. The first kappa shape index (κ1) is 19.8. The normalized spacial score (nSPS) is 40.2. The van der Waals surface area contributed by atoms with E-state index in [0.29, 0.717) is 11.0 Å². The summed E-state index contributed by atoms with van der Waals surface area (Å²) in [5, 5.41) is 0. The molecular weight excluding hydrogens is 352 g/mol. The Balaban J connectivity index is 1.47. The number of aryl methyl sites for hydroxylation is 1. The van der Waals surface area contributed by atoms with E-state index in [2.05, 4.69) is 49.0 Å². The van der Waals surface area contributed by atoms with Crippen LogP contribution in [0.3, 0.4) is 0 Å². The largest absolute Gasteiger partial charge is 0.298 e. The van der Waals surface area contributed by atoms with Crippen molar-refractivity contribution < 1.29 is 0 Å². The highest BCUT2D eigenvalue weighted by Crippen LogP contribution is 2.60. The molecule has 1 saturated carbocycles. The van der Waals surface area contributed by atoms with E-state index < -0.39 is 0 Å². The highest BCUT2D eigenvalue weighted by Gasteiger charge is 2.52. The van der Waals surface area contributed by atoms with Gasteiger partial charge in [-0.2, -0.15) is 0 Å². The Morgan fingerprint density at radius 3 is 2.83 bits per heavy atom. The van der Waals surface area contributed by atoms with Crippen LogP contribution in [0.15, 0.2) is 24.5 Å². The molecule has 158 valence electrons. The lowest BCUT2D eigenvalue weighted by molar-refractivity contribution is 0.0504. The third-order valence-corrected chi connectivity index (χ3v) is 9.67. The van der Waals surface area contributed by atoms with Crippen molar-refractivity contribution in [3.8, 4) is 0 Å². The molecule has 0 amide bonds. The monoisotopic (exact) mass is 392 g/mol. The van der Waals surface area contributed by atoms with Gasteiger partial charge in [-0.15, -0.1) is 0 Å². The van der Waals surface area contributed by atoms with Gasteiger partial charge in [0.05, 0.1) is 0 Å². The molecule has 2 heteroatoms. The van der Waals surface area contributed by atoms with Gasteiger partial charge in [0.2, 0.25) is 0 Å². The molecule has 5 unspecified atom stereocenters. The van der Waals surface area contributed by atoms with Crippen molar-refractivity contribution in [2.75, 3.05) is 13.1 Å². The molecule has 3 heterocycles. The smallest absolute Gasteiger partial charge is 0.0343 e. The second-order valence-corrected chi connectivity index (χ2v) is 11.0. The first-order valence-electron chi connectivity index (χ1n) is 12.4. The van der Waals surface area contributed by atoms with Crippen LogP contribution < -0.4 is 0 Å². The predicted octanol–water partition coefficient (Wildman–Crippen LogP) is 6.51. The Hall–Kier alpha value is -1.15. The van der Waals surface area contributed by atoms with Gasteiger partial charge in [0.25, 0.3) is 0 Å². The van der Waals surface area contributed by atoms with Crippen LogP contribution in [0.2, 0.25) is 0 Å². The summed E-state index contributed by atoms with van der Waals surface area (Å²) in [7, 11) is 0. The molecule has 2 nitrogen and oxygen atoms in total. The molecule has 2 saturated heterocycles. The maximum Gasteiger partial charge on any atom is 0.0343 e. The lowest BCUT2D eigenvalue weighted by Crippen LogP contribution is -2.50. The van der Waals surface area contributed by atoms with Gasteiger partial charge in [-0.05, 0) is 117 Å². The zero-order chi connectivity index (χ0) is 20.1. The van der Waals surface area contributed by atoms with E-state index in [1.165, 1.54) is 82.0 Å². The van der Waals surface area contributed by atoms with Crippen molar-refractivity contribution in [1.29, 1.82) is 0 Å². The minimum Gasteiger partial charge on any atom is -0.298 e. The van der Waals surface area contributed by atoms with Gasteiger partial charge in [0.15, 0.2) is 0 Å². The second-order valence-electron chi connectivity index (χ2n) is 11.0. The predicted molar refractivity (Wildman–Crippen MR) is 122 cm³/mol. The molecule has 1 aromatic heterocycles. The molecule has 5 rings (SSSR count). The average Bonchev–Trinajstić information content (AvgIpc) is 2.84. The van der Waals surface area contributed by atoms with E-state index in [9.17, 15) is 0 Å². The van der Waals surface area contributed by atoms with Gasteiger partial charge >= 0.3 is 0 Å². The van der Waals surface area contributed by atoms with Crippen LogP contribution in [0.25, 0.3) is 5.57 Å². The van der Waals surface area contributed by atoms with Gasteiger partial charge in [-0.1, -0.05) is 32.8 Å². The van der Waals surface area contributed by atoms with Crippen molar-refractivity contribution in [3.63, 3.8) is 0 Å². The zero-order valence-corrected chi connectivity index (χ0v) is 18.9. The highest BCUT2D eigenvalue weighted by molar-refractivity contribution is 5.72. The summed E-state index contributed by atoms with van der Waals surface area (Å²) in [5.74, 6) is 2.61. The summed E-state index contributed by atoms with van der Waals surface area (Å²) in [4.78, 5) is 7.54. The molecule has 3 fully saturated rings. The van der Waals surface area contributed by atoms with E-state index in [0.717, 1.165) is 24.2 Å². The Bertz CT molecular complexity index is 782. The molecule has 2 aliphatic carbocycles. The topological polar surface area (TPSA) is 16.1 Å². The quantitative estimate of drug-likeness (QED) is 0.570. The average molecular weight is 393 g/mol. The molecule has 29 heavy (non-hydrogen) atoms. The fourth-order valence-electron chi connectivity index (χ4n) is 7.78. The Labute approximate surface area is 178 Å². The van der Waals surface area contributed by atoms with Crippen LogP contribution in [-0.4, -0.2) is 28.5 Å². The van der Waals surface area contributed by atoms with Crippen molar-refractivity contribution >= 4 is 5.57 Å². The number of fused-ring (bicyclic) bond motifs is 6. The van der Waals surface area contributed by atoms with E-state index in [1.807, 2.05) is 6.20 Å². The molecule has 2 aliphatic heterocycles. The Morgan fingerprint density at radius 1 is 1.07 bits per heavy atom. The van der Waals surface area contributed by atoms with Crippen molar-refractivity contribution in [1.82, 2.24) is 9.88 Å². The van der Waals surface area contributed by atoms with Crippen LogP contribution in [0.5, 0.6) is 0 Å². The highest BCUT2D eigenvalue weighted by atomic mass is 15.2. The fourth-order valence-corrected chi connectivity index (χ4v) is 7.78. The summed E-state index contributed by atoms with van der Waals surface area (Å²) in [6.07, 6.45) is 20.5. The molecule has 5 atom stereocenters. The van der Waals surface area contributed by atoms with Crippen molar-refractivity contribution in [2.24, 2.45) is 23.2 Å². The van der Waals surface area contributed by atoms with Crippen LogP contribution in [0.1, 0.15) is 89.7 Å². The molecule has 2 bridgehead atoms. The molecule has 0 radical (unpaired) electrons. The van der Waals surface area contributed by atoms with E-state index in [4.69, 9.17) is 0 Å². The lowest BCUT2D eigenvalue weighted by Gasteiger charge is -2.45. The van der Waals surface area contributed by atoms with Crippen LogP contribution >= 0.6 is 0 Å². The summed E-state index contributed by atoms with van der Waals surface area (Å²) in [5.41, 5.74) is 5.20. The van der Waals surface area contributed by atoms with Gasteiger partial charge in [0, 0.05) is 17.9 Å². The summed E-state index contributed by atoms with van der Waals surface area (Å²) in [6, 6.07) is 2.42. The number of hydrogen-bond donors (Lipinski definition) is 0. The first-order chi connectivity index (χ1) is 14.0. The first-order valence-corrected chi connectivity index (χ1v) is 12.4. The molecule has 0 aromatic carbocycles. The molecule has 0 N–H and O–H groups in total. The van der Waals surface area contributed by atoms with Gasteiger partial charge in [0.1, 0.15) is 0 Å². The van der Waals surface area contributed by atoms with Gasteiger partial charge in [-0.25, -0.2) is 0 Å². The number of allylic oxidation sites excluding steroid dienone is 2. The second kappa shape index (κ2) is 7.52. The van der Waals surface area contributed by atoms with Crippen LogP contribution in [-0.2, 0) is 6.42 Å². The number of pyridine rings is 1. The van der Waals surface area contributed by atoms with Crippen LogP contribution in [0, 0.1) is 23.2 Å². The zero-order valence-electron chi connectivity index (χ0n) is 18.9. The van der Waals surface area contributed by atoms with Crippen molar-refractivity contribution in [3.05, 3.63) is 35.7 Å². The number of rotatable bonds is 2. The number of nitrogens with zero attached hydrogens (tertiary/aromatic N) is 2. The standard InChI is InChI=1S/C27H40N2/c1-4-20-16-22(19-28-18-20)25-9-8-24-21-11-15-29-14-7-5-6-12-27(29,3)23(17-21)10-13-26(24,25)2/h9,16,18-19,21,23-24H,4-8,10-15,17H2,1-3H3. The molecule has 4 aliphatic rings. The summed E-state index contributed by atoms with van der Waals surface area (Å²) >= 11 is 0. The Kier molecular flexibility index (Phi) is 5.13. The Morgan fingerprint density at radius 2 is 1.97 bits per heavy atom.